The zero-order valence-corrected chi connectivity index (χ0v) is 22.9. The molecule has 3 nitrogen and oxygen atoms in total. The van der Waals surface area contributed by atoms with Gasteiger partial charge < -0.3 is 4.74 Å². The third-order valence-electron chi connectivity index (χ3n) is 4.90. The topological polar surface area (TPSA) is 29.5 Å². The van der Waals surface area contributed by atoms with E-state index in [0.717, 1.165) is 40.4 Å². The van der Waals surface area contributed by atoms with Crippen LogP contribution in [0, 0.1) is 13.8 Å². The average Bonchev–Trinajstić information content (AvgIpc) is 2.74. The number of amides is 1. The van der Waals surface area contributed by atoms with E-state index in [1.807, 2.05) is 6.92 Å². The van der Waals surface area contributed by atoms with Crippen molar-refractivity contribution >= 4 is 39.6 Å². The van der Waals surface area contributed by atoms with Gasteiger partial charge in [-0.15, -0.1) is 11.8 Å². The Bertz CT molecular complexity index is 876. The van der Waals surface area contributed by atoms with Gasteiger partial charge in [-0.2, -0.15) is 0 Å². The van der Waals surface area contributed by atoms with Gasteiger partial charge in [-0.3, -0.25) is 0 Å². The van der Waals surface area contributed by atoms with Crippen LogP contribution in [-0.2, 0) is 5.41 Å². The molecule has 0 saturated heterocycles. The molecule has 2 aromatic carbocycles. The highest BCUT2D eigenvalue weighted by molar-refractivity contribution is 8.75. The monoisotopic (exact) mass is 491 g/mol. The first kappa shape index (κ1) is 27.0. The highest BCUT2D eigenvalue weighted by atomic mass is 33.1. The number of hydrogen-bond acceptors (Lipinski definition) is 5. The van der Waals surface area contributed by atoms with Crippen LogP contribution in [0.3, 0.4) is 0 Å². The minimum absolute atomic E-state index is 0.132. The summed E-state index contributed by atoms with van der Waals surface area (Å²) in [4.78, 5) is 15.3. The standard InChI is InChI=1S/C26H37NO2S3/c1-8-10-15-27(32-31-22-13-11-21(12-14-22)26(5,6)7)25(28)29-24-20(4)17-19(3)18-23(24)30-16-9-2/h11-14,17-18H,8-10,15-16H2,1-7H3. The van der Waals surface area contributed by atoms with E-state index in [0.29, 0.717) is 12.3 Å². The third-order valence-corrected chi connectivity index (χ3v) is 8.52. The van der Waals surface area contributed by atoms with Crippen LogP contribution in [0.25, 0.3) is 0 Å². The molecule has 0 heterocycles. The Hall–Kier alpha value is -1.24. The SMILES string of the molecule is CCCCN(SSc1ccc(C(C)(C)C)cc1)C(=O)Oc1c(C)cc(C)cc1SCCC. The van der Waals surface area contributed by atoms with Crippen molar-refractivity contribution in [2.75, 3.05) is 12.3 Å². The molecular weight excluding hydrogens is 454 g/mol. The molecule has 1 amide bonds. The molecule has 176 valence electrons. The summed E-state index contributed by atoms with van der Waals surface area (Å²) in [6.07, 6.45) is 2.74. The summed E-state index contributed by atoms with van der Waals surface area (Å²) in [5.41, 5.74) is 3.63. The van der Waals surface area contributed by atoms with Gasteiger partial charge in [0.05, 0.1) is 4.90 Å². The summed E-state index contributed by atoms with van der Waals surface area (Å²) in [5, 5.41) is 0. The molecule has 6 heteroatoms. The maximum Gasteiger partial charge on any atom is 0.426 e. The van der Waals surface area contributed by atoms with Crippen molar-refractivity contribution in [3.8, 4) is 5.75 Å². The minimum atomic E-state index is -0.299. The molecule has 0 saturated carbocycles. The van der Waals surface area contributed by atoms with Gasteiger partial charge in [0.2, 0.25) is 0 Å². The highest BCUT2D eigenvalue weighted by Gasteiger charge is 2.21. The van der Waals surface area contributed by atoms with E-state index < -0.39 is 0 Å². The quantitative estimate of drug-likeness (QED) is 0.188. The van der Waals surface area contributed by atoms with E-state index in [4.69, 9.17) is 4.74 Å². The predicted octanol–water partition coefficient (Wildman–Crippen LogP) is 9.06. The van der Waals surface area contributed by atoms with E-state index in [9.17, 15) is 4.79 Å². The smallest absolute Gasteiger partial charge is 0.408 e. The fourth-order valence-electron chi connectivity index (χ4n) is 3.06. The average molecular weight is 492 g/mol. The molecule has 32 heavy (non-hydrogen) atoms. The number of unbranched alkanes of at least 4 members (excludes halogenated alkanes) is 1. The molecule has 0 N–H and O–H groups in total. The molecule has 0 aliphatic rings. The van der Waals surface area contributed by atoms with Crippen molar-refractivity contribution in [1.29, 1.82) is 0 Å². The lowest BCUT2D eigenvalue weighted by Crippen LogP contribution is -2.28. The lowest BCUT2D eigenvalue weighted by Gasteiger charge is -2.22. The Kier molecular flexibility index (Phi) is 10.8. The maximum atomic E-state index is 13.1. The number of hydrogen-bond donors (Lipinski definition) is 0. The molecule has 0 spiro atoms. The van der Waals surface area contributed by atoms with E-state index in [-0.39, 0.29) is 11.5 Å². The van der Waals surface area contributed by atoms with Gasteiger partial charge in [-0.05, 0) is 83.5 Å². The van der Waals surface area contributed by atoms with Gasteiger partial charge in [-0.1, -0.05) is 59.2 Å². The Labute approximate surface area is 207 Å². The number of thioether (sulfide) groups is 1. The summed E-state index contributed by atoms with van der Waals surface area (Å²) < 4.78 is 7.72. The van der Waals surface area contributed by atoms with Gasteiger partial charge >= 0.3 is 6.09 Å². The molecule has 2 rings (SSSR count). The Morgan fingerprint density at radius 2 is 1.72 bits per heavy atom. The molecule has 0 radical (unpaired) electrons. The number of ether oxygens (including phenoxy) is 1. The van der Waals surface area contributed by atoms with E-state index >= 15 is 0 Å². The zero-order valence-electron chi connectivity index (χ0n) is 20.5. The highest BCUT2D eigenvalue weighted by Crippen LogP contribution is 2.38. The Balaban J connectivity index is 2.13. The second-order valence-electron chi connectivity index (χ2n) is 9.01. The fraction of sp³-hybridized carbons (Fsp3) is 0.500. The van der Waals surface area contributed by atoms with Gasteiger partial charge in [0.25, 0.3) is 0 Å². The van der Waals surface area contributed by atoms with Crippen LogP contribution in [0.5, 0.6) is 5.75 Å². The van der Waals surface area contributed by atoms with Crippen molar-refractivity contribution in [3.05, 3.63) is 53.1 Å². The Morgan fingerprint density at radius 1 is 1.03 bits per heavy atom. The number of benzene rings is 2. The number of nitrogens with zero attached hydrogens (tertiary/aromatic N) is 1. The lowest BCUT2D eigenvalue weighted by atomic mass is 9.87. The molecule has 0 aliphatic carbocycles. The van der Waals surface area contributed by atoms with Crippen molar-refractivity contribution < 1.29 is 9.53 Å². The van der Waals surface area contributed by atoms with Gasteiger partial charge in [0, 0.05) is 22.4 Å². The van der Waals surface area contributed by atoms with Crippen LogP contribution in [0.4, 0.5) is 4.79 Å². The second-order valence-corrected chi connectivity index (χ2v) is 12.3. The fourth-order valence-corrected chi connectivity index (χ4v) is 6.08. The molecule has 0 atom stereocenters. The second kappa shape index (κ2) is 12.9. The van der Waals surface area contributed by atoms with Crippen LogP contribution in [0.15, 0.2) is 46.2 Å². The van der Waals surface area contributed by atoms with Crippen molar-refractivity contribution in [1.82, 2.24) is 4.31 Å². The maximum absolute atomic E-state index is 13.1. The number of carbonyl (C=O) groups excluding carboxylic acids is 1. The van der Waals surface area contributed by atoms with Gasteiger partial charge in [-0.25, -0.2) is 9.10 Å². The van der Waals surface area contributed by atoms with Crippen molar-refractivity contribution in [2.24, 2.45) is 0 Å². The first-order valence-electron chi connectivity index (χ1n) is 11.3. The summed E-state index contributed by atoms with van der Waals surface area (Å²) in [6, 6.07) is 12.8. The van der Waals surface area contributed by atoms with Gasteiger partial charge in [0.15, 0.2) is 0 Å². The predicted molar refractivity (Wildman–Crippen MR) is 143 cm³/mol. The van der Waals surface area contributed by atoms with Crippen LogP contribution in [-0.4, -0.2) is 22.7 Å². The third kappa shape index (κ3) is 8.27. The first-order valence-corrected chi connectivity index (χ1v) is 14.4. The number of carbonyl (C=O) groups is 1. The zero-order chi connectivity index (χ0) is 23.7. The van der Waals surface area contributed by atoms with Crippen LogP contribution in [0.2, 0.25) is 0 Å². The summed E-state index contributed by atoms with van der Waals surface area (Å²) in [5.74, 6) is 1.70. The number of rotatable bonds is 10. The van der Waals surface area contributed by atoms with Crippen molar-refractivity contribution in [2.45, 2.75) is 82.9 Å². The van der Waals surface area contributed by atoms with Crippen LogP contribution < -0.4 is 4.74 Å². The normalized spacial score (nSPS) is 11.5. The molecule has 0 fully saturated rings. The summed E-state index contributed by atoms with van der Waals surface area (Å²) in [7, 11) is 3.06. The molecule has 0 aliphatic heterocycles. The summed E-state index contributed by atoms with van der Waals surface area (Å²) in [6.45, 7) is 15.7. The van der Waals surface area contributed by atoms with Crippen molar-refractivity contribution in [3.63, 3.8) is 0 Å². The molecular formula is C26H37NO2S3. The minimum Gasteiger partial charge on any atom is -0.408 e. The van der Waals surface area contributed by atoms with E-state index in [2.05, 4.69) is 77.9 Å². The Morgan fingerprint density at radius 3 is 2.31 bits per heavy atom. The largest absolute Gasteiger partial charge is 0.426 e. The lowest BCUT2D eigenvalue weighted by molar-refractivity contribution is 0.180. The van der Waals surface area contributed by atoms with E-state index in [1.165, 1.54) is 22.1 Å². The molecule has 0 unspecified atom stereocenters. The van der Waals surface area contributed by atoms with Gasteiger partial charge in [0.1, 0.15) is 5.75 Å². The van der Waals surface area contributed by atoms with Crippen LogP contribution in [0.1, 0.15) is 70.6 Å². The molecule has 0 bridgehead atoms. The summed E-state index contributed by atoms with van der Waals surface area (Å²) >= 11 is 1.75. The molecule has 0 aromatic heterocycles. The van der Waals surface area contributed by atoms with E-state index in [1.54, 1.807) is 26.9 Å². The number of aryl methyl sites for hydroxylation is 2. The first-order chi connectivity index (χ1) is 15.2. The molecule has 2 aromatic rings. The van der Waals surface area contributed by atoms with Crippen LogP contribution >= 0.6 is 33.5 Å².